The van der Waals surface area contributed by atoms with Crippen molar-refractivity contribution >= 4 is 33.0 Å². The minimum Gasteiger partial charge on any atom is -0.368 e. The van der Waals surface area contributed by atoms with Gasteiger partial charge in [-0.15, -0.1) is 11.3 Å². The molecule has 0 saturated carbocycles. The Labute approximate surface area is 170 Å². The van der Waals surface area contributed by atoms with Gasteiger partial charge in [0, 0.05) is 54.1 Å². The molecular formula is C23H27N3OS. The zero-order valence-corrected chi connectivity index (χ0v) is 17.0. The smallest absolute Gasteiger partial charge is 0.251 e. The number of piperazine rings is 1. The highest BCUT2D eigenvalue weighted by Gasteiger charge is 2.18. The van der Waals surface area contributed by atoms with Crippen molar-refractivity contribution < 1.29 is 4.79 Å². The van der Waals surface area contributed by atoms with Crippen molar-refractivity contribution in [2.75, 3.05) is 44.2 Å². The van der Waals surface area contributed by atoms with Crippen LogP contribution in [-0.2, 0) is 0 Å². The molecule has 1 fully saturated rings. The van der Waals surface area contributed by atoms with Gasteiger partial charge in [-0.3, -0.25) is 9.69 Å². The topological polar surface area (TPSA) is 35.6 Å². The van der Waals surface area contributed by atoms with Crippen molar-refractivity contribution in [3.05, 3.63) is 65.5 Å². The summed E-state index contributed by atoms with van der Waals surface area (Å²) >= 11 is 1.82. The fourth-order valence-electron chi connectivity index (χ4n) is 3.82. The van der Waals surface area contributed by atoms with Crippen molar-refractivity contribution in [2.24, 2.45) is 0 Å². The van der Waals surface area contributed by atoms with Gasteiger partial charge in [0.1, 0.15) is 0 Å². The van der Waals surface area contributed by atoms with Gasteiger partial charge in [-0.2, -0.15) is 0 Å². The number of rotatable bonds is 7. The van der Waals surface area contributed by atoms with E-state index in [1.54, 1.807) is 0 Å². The fraction of sp³-hybridized carbons (Fsp3) is 0.348. The van der Waals surface area contributed by atoms with E-state index in [1.807, 2.05) is 41.7 Å². The quantitative estimate of drug-likeness (QED) is 0.610. The van der Waals surface area contributed by atoms with Crippen LogP contribution < -0.4 is 10.2 Å². The van der Waals surface area contributed by atoms with Gasteiger partial charge in [-0.1, -0.05) is 24.3 Å². The Balaban J connectivity index is 1.16. The third-order valence-electron chi connectivity index (χ3n) is 5.41. The molecule has 1 amide bonds. The Kier molecular flexibility index (Phi) is 6.24. The molecular weight excluding hydrogens is 366 g/mol. The first-order chi connectivity index (χ1) is 13.8. The molecule has 1 saturated heterocycles. The summed E-state index contributed by atoms with van der Waals surface area (Å²) in [6.07, 6.45) is 2.14. The van der Waals surface area contributed by atoms with Crippen molar-refractivity contribution in [2.45, 2.75) is 12.8 Å². The zero-order valence-electron chi connectivity index (χ0n) is 16.1. The maximum Gasteiger partial charge on any atom is 0.251 e. The molecule has 2 heterocycles. The number of hydrogen-bond acceptors (Lipinski definition) is 4. The van der Waals surface area contributed by atoms with Crippen LogP contribution in [0, 0.1) is 0 Å². The van der Waals surface area contributed by atoms with E-state index in [0.717, 1.165) is 57.7 Å². The number of nitrogens with one attached hydrogen (secondary N) is 1. The molecule has 0 aliphatic carbocycles. The van der Waals surface area contributed by atoms with Crippen molar-refractivity contribution in [1.29, 1.82) is 0 Å². The number of anilines is 1. The van der Waals surface area contributed by atoms with Gasteiger partial charge in [0.15, 0.2) is 0 Å². The second kappa shape index (κ2) is 9.22. The van der Waals surface area contributed by atoms with Gasteiger partial charge in [0.25, 0.3) is 5.91 Å². The highest BCUT2D eigenvalue weighted by atomic mass is 32.1. The summed E-state index contributed by atoms with van der Waals surface area (Å²) in [6, 6.07) is 18.3. The van der Waals surface area contributed by atoms with Gasteiger partial charge in [0.2, 0.25) is 0 Å². The molecule has 0 radical (unpaired) electrons. The average molecular weight is 394 g/mol. The van der Waals surface area contributed by atoms with Crippen LogP contribution in [0.4, 0.5) is 5.69 Å². The first-order valence-electron chi connectivity index (χ1n) is 10.1. The molecule has 0 bridgehead atoms. The number of unbranched alkanes of at least 4 members (excludes halogenated alkanes) is 1. The normalized spacial score (nSPS) is 15.1. The molecule has 0 unspecified atom stereocenters. The van der Waals surface area contributed by atoms with Gasteiger partial charge < -0.3 is 10.2 Å². The van der Waals surface area contributed by atoms with E-state index in [-0.39, 0.29) is 5.91 Å². The van der Waals surface area contributed by atoms with Gasteiger partial charge in [0.05, 0.1) is 0 Å². The molecule has 4 nitrogen and oxygen atoms in total. The number of benzene rings is 2. The molecule has 4 rings (SSSR count). The summed E-state index contributed by atoms with van der Waals surface area (Å²) in [4.78, 5) is 17.1. The van der Waals surface area contributed by atoms with E-state index in [4.69, 9.17) is 0 Å². The lowest BCUT2D eigenvalue weighted by Crippen LogP contribution is -2.46. The number of fused-ring (bicyclic) bond motifs is 1. The molecule has 5 heteroatoms. The standard InChI is InChI=1S/C23H27N3OS/c27-23(19-7-2-1-3-8-19)24-12-4-5-13-25-14-16-26(17-15-25)21-9-6-10-22-20(21)11-18-28-22/h1-3,6-11,18H,4-5,12-17H2,(H,24,27). The molecule has 0 spiro atoms. The number of carbonyl (C=O) groups is 1. The Bertz CT molecular complexity index is 900. The first-order valence-corrected chi connectivity index (χ1v) is 11.0. The lowest BCUT2D eigenvalue weighted by molar-refractivity contribution is 0.0952. The van der Waals surface area contributed by atoms with Crippen LogP contribution in [0.5, 0.6) is 0 Å². The summed E-state index contributed by atoms with van der Waals surface area (Å²) in [7, 11) is 0. The van der Waals surface area contributed by atoms with Crippen LogP contribution in [0.3, 0.4) is 0 Å². The Hall–Kier alpha value is -2.37. The minimum absolute atomic E-state index is 0.0248. The second-order valence-corrected chi connectivity index (χ2v) is 8.21. The Morgan fingerprint density at radius 3 is 2.57 bits per heavy atom. The van der Waals surface area contributed by atoms with Crippen LogP contribution in [0.25, 0.3) is 10.1 Å². The third kappa shape index (κ3) is 4.54. The van der Waals surface area contributed by atoms with E-state index >= 15 is 0 Å². The van der Waals surface area contributed by atoms with Crippen molar-refractivity contribution in [1.82, 2.24) is 10.2 Å². The predicted molar refractivity (Wildman–Crippen MR) is 118 cm³/mol. The molecule has 1 aromatic heterocycles. The lowest BCUT2D eigenvalue weighted by Gasteiger charge is -2.36. The predicted octanol–water partition coefficient (Wildman–Crippen LogP) is 4.23. The fourth-order valence-corrected chi connectivity index (χ4v) is 4.63. The third-order valence-corrected chi connectivity index (χ3v) is 6.29. The van der Waals surface area contributed by atoms with Crippen molar-refractivity contribution in [3.63, 3.8) is 0 Å². The molecule has 1 aliphatic rings. The maximum atomic E-state index is 12.0. The largest absolute Gasteiger partial charge is 0.368 e. The summed E-state index contributed by atoms with van der Waals surface area (Å²) in [6.45, 7) is 6.23. The van der Waals surface area contributed by atoms with Crippen molar-refractivity contribution in [3.8, 4) is 0 Å². The number of hydrogen-bond donors (Lipinski definition) is 1. The highest BCUT2D eigenvalue weighted by Crippen LogP contribution is 2.31. The Morgan fingerprint density at radius 1 is 0.929 bits per heavy atom. The molecule has 1 aliphatic heterocycles. The number of thiophene rings is 1. The van der Waals surface area contributed by atoms with Gasteiger partial charge in [-0.25, -0.2) is 0 Å². The monoisotopic (exact) mass is 393 g/mol. The molecule has 3 aromatic rings. The van der Waals surface area contributed by atoms with Crippen LogP contribution in [0.2, 0.25) is 0 Å². The van der Waals surface area contributed by atoms with E-state index < -0.39 is 0 Å². The molecule has 146 valence electrons. The van der Waals surface area contributed by atoms with Gasteiger partial charge in [-0.05, 0) is 55.1 Å². The SMILES string of the molecule is O=C(NCCCCN1CCN(c2cccc3sccc23)CC1)c1ccccc1. The lowest BCUT2D eigenvalue weighted by atomic mass is 10.1. The second-order valence-electron chi connectivity index (χ2n) is 7.27. The maximum absolute atomic E-state index is 12.0. The molecule has 1 N–H and O–H groups in total. The van der Waals surface area contributed by atoms with E-state index in [2.05, 4.69) is 44.8 Å². The summed E-state index contributed by atoms with van der Waals surface area (Å²) < 4.78 is 1.37. The first kappa shape index (κ1) is 19.0. The minimum atomic E-state index is 0.0248. The number of amides is 1. The zero-order chi connectivity index (χ0) is 19.2. The van der Waals surface area contributed by atoms with Crippen LogP contribution in [0.15, 0.2) is 60.0 Å². The summed E-state index contributed by atoms with van der Waals surface area (Å²) in [5.74, 6) is 0.0248. The molecule has 28 heavy (non-hydrogen) atoms. The Morgan fingerprint density at radius 2 is 1.75 bits per heavy atom. The van der Waals surface area contributed by atoms with E-state index in [1.165, 1.54) is 15.8 Å². The summed E-state index contributed by atoms with van der Waals surface area (Å²) in [5.41, 5.74) is 2.11. The van der Waals surface area contributed by atoms with E-state index in [9.17, 15) is 4.79 Å². The summed E-state index contributed by atoms with van der Waals surface area (Å²) in [5, 5.41) is 6.58. The van der Waals surface area contributed by atoms with Crippen LogP contribution in [-0.4, -0.2) is 50.1 Å². The average Bonchev–Trinajstić information content (AvgIpc) is 3.23. The van der Waals surface area contributed by atoms with Gasteiger partial charge >= 0.3 is 0 Å². The van der Waals surface area contributed by atoms with Crippen LogP contribution >= 0.6 is 11.3 Å². The number of nitrogens with zero attached hydrogens (tertiary/aromatic N) is 2. The molecule has 0 atom stereocenters. The number of carbonyl (C=O) groups excluding carboxylic acids is 1. The van der Waals surface area contributed by atoms with E-state index in [0.29, 0.717) is 0 Å². The molecule has 2 aromatic carbocycles. The highest BCUT2D eigenvalue weighted by molar-refractivity contribution is 7.17. The van der Waals surface area contributed by atoms with Crippen LogP contribution in [0.1, 0.15) is 23.2 Å².